The van der Waals surface area contributed by atoms with E-state index in [1.807, 2.05) is 0 Å². The molecule has 0 aromatic rings. The minimum atomic E-state index is 0.0697. The van der Waals surface area contributed by atoms with Gasteiger partial charge in [-0.25, -0.2) is 0 Å². The lowest BCUT2D eigenvalue weighted by Gasteiger charge is -1.88. The van der Waals surface area contributed by atoms with Gasteiger partial charge in [-0.2, -0.15) is 0 Å². The SMILES string of the molecule is C#CCOC=C(Cl)Cl. The summed E-state index contributed by atoms with van der Waals surface area (Å²) in [7, 11) is 0. The molecule has 0 amide bonds. The summed E-state index contributed by atoms with van der Waals surface area (Å²) in [6.07, 6.45) is 6.01. The highest BCUT2D eigenvalue weighted by Gasteiger charge is 1.78. The summed E-state index contributed by atoms with van der Waals surface area (Å²) >= 11 is 10.3. The third-order valence-corrected chi connectivity index (χ3v) is 0.517. The molecule has 0 radical (unpaired) electrons. The second kappa shape index (κ2) is 4.83. The molecule has 0 rings (SSSR count). The van der Waals surface area contributed by atoms with Gasteiger partial charge < -0.3 is 4.74 Å². The fraction of sp³-hybridized carbons (Fsp3) is 0.200. The summed E-state index contributed by atoms with van der Waals surface area (Å²) in [5.74, 6) is 2.24. The molecule has 0 aromatic carbocycles. The minimum Gasteiger partial charge on any atom is -0.486 e. The Morgan fingerprint density at radius 1 is 1.75 bits per heavy atom. The van der Waals surface area contributed by atoms with E-state index in [-0.39, 0.29) is 11.1 Å². The Balaban J connectivity index is 3.20. The van der Waals surface area contributed by atoms with E-state index in [2.05, 4.69) is 10.7 Å². The topological polar surface area (TPSA) is 9.23 Å². The maximum absolute atomic E-state index is 5.15. The van der Waals surface area contributed by atoms with Gasteiger partial charge in [0.05, 0.1) is 0 Å². The number of hydrogen-bond acceptors (Lipinski definition) is 1. The second-order valence-electron chi connectivity index (χ2n) is 0.923. The molecule has 0 saturated heterocycles. The Bertz CT molecular complexity index is 119. The second-order valence-corrected chi connectivity index (χ2v) is 1.93. The van der Waals surface area contributed by atoms with E-state index in [1.54, 1.807) is 0 Å². The van der Waals surface area contributed by atoms with Gasteiger partial charge >= 0.3 is 0 Å². The zero-order chi connectivity index (χ0) is 6.41. The Hall–Kier alpha value is -0.320. The van der Waals surface area contributed by atoms with E-state index in [9.17, 15) is 0 Å². The van der Waals surface area contributed by atoms with Crippen molar-refractivity contribution in [3.05, 3.63) is 10.8 Å². The van der Waals surface area contributed by atoms with E-state index in [0.29, 0.717) is 0 Å². The van der Waals surface area contributed by atoms with Crippen LogP contribution in [0, 0.1) is 12.3 Å². The molecule has 1 nitrogen and oxygen atoms in total. The third kappa shape index (κ3) is 5.68. The first-order chi connectivity index (χ1) is 3.77. The molecule has 0 fully saturated rings. The maximum Gasteiger partial charge on any atom is 0.148 e. The van der Waals surface area contributed by atoms with E-state index < -0.39 is 0 Å². The van der Waals surface area contributed by atoms with Crippen molar-refractivity contribution in [1.82, 2.24) is 0 Å². The Kier molecular flexibility index (Phi) is 4.64. The predicted octanol–water partition coefficient (Wildman–Crippen LogP) is 1.91. The summed E-state index contributed by atoms with van der Waals surface area (Å²) in [6, 6.07) is 0. The van der Waals surface area contributed by atoms with Crippen LogP contribution >= 0.6 is 23.2 Å². The van der Waals surface area contributed by atoms with Gasteiger partial charge in [0, 0.05) is 0 Å². The highest BCUT2D eigenvalue weighted by molar-refractivity contribution is 6.55. The summed E-state index contributed by atoms with van der Waals surface area (Å²) in [4.78, 5) is 0. The molecule has 0 aliphatic heterocycles. The highest BCUT2D eigenvalue weighted by atomic mass is 35.5. The maximum atomic E-state index is 5.15. The lowest BCUT2D eigenvalue weighted by molar-refractivity contribution is 0.296. The summed E-state index contributed by atoms with van der Waals surface area (Å²) in [6.45, 7) is 0.197. The van der Waals surface area contributed by atoms with Crippen molar-refractivity contribution in [3.8, 4) is 12.3 Å². The van der Waals surface area contributed by atoms with Crippen molar-refractivity contribution in [2.75, 3.05) is 6.61 Å². The van der Waals surface area contributed by atoms with Gasteiger partial charge in [-0.3, -0.25) is 0 Å². The van der Waals surface area contributed by atoms with E-state index in [4.69, 9.17) is 29.6 Å². The van der Waals surface area contributed by atoms with Crippen LogP contribution in [0.25, 0.3) is 0 Å². The molecule has 0 aliphatic rings. The smallest absolute Gasteiger partial charge is 0.148 e. The molecule has 0 saturated carbocycles. The molecular weight excluding hydrogens is 147 g/mol. The van der Waals surface area contributed by atoms with Crippen LogP contribution in [-0.4, -0.2) is 6.61 Å². The first-order valence-electron chi connectivity index (χ1n) is 1.83. The monoisotopic (exact) mass is 150 g/mol. The van der Waals surface area contributed by atoms with Crippen molar-refractivity contribution in [2.45, 2.75) is 0 Å². The van der Waals surface area contributed by atoms with Crippen molar-refractivity contribution in [1.29, 1.82) is 0 Å². The zero-order valence-electron chi connectivity index (χ0n) is 4.03. The van der Waals surface area contributed by atoms with Gasteiger partial charge in [-0.05, 0) is 0 Å². The summed E-state index contributed by atoms with van der Waals surface area (Å²) in [5.41, 5.74) is 0. The molecule has 44 valence electrons. The van der Waals surface area contributed by atoms with Crippen LogP contribution in [0.1, 0.15) is 0 Å². The number of ether oxygens (including phenoxy) is 1. The first-order valence-corrected chi connectivity index (χ1v) is 2.59. The molecule has 0 heterocycles. The Morgan fingerprint density at radius 2 is 2.38 bits per heavy atom. The molecule has 0 aliphatic carbocycles. The Morgan fingerprint density at radius 3 is 2.75 bits per heavy atom. The van der Waals surface area contributed by atoms with Crippen LogP contribution in [0.5, 0.6) is 0 Å². The van der Waals surface area contributed by atoms with Crippen molar-refractivity contribution in [2.24, 2.45) is 0 Å². The molecule has 0 bridgehead atoms. The molecule has 8 heavy (non-hydrogen) atoms. The van der Waals surface area contributed by atoms with Crippen LogP contribution in [0.2, 0.25) is 0 Å². The average molecular weight is 151 g/mol. The lowest BCUT2D eigenvalue weighted by Crippen LogP contribution is -1.78. The van der Waals surface area contributed by atoms with Gasteiger partial charge in [0.15, 0.2) is 0 Å². The molecule has 0 atom stereocenters. The zero-order valence-corrected chi connectivity index (χ0v) is 5.54. The molecular formula is C5H4Cl2O. The highest BCUT2D eigenvalue weighted by Crippen LogP contribution is 2.04. The predicted molar refractivity (Wildman–Crippen MR) is 34.6 cm³/mol. The van der Waals surface area contributed by atoms with E-state index in [1.165, 1.54) is 6.26 Å². The van der Waals surface area contributed by atoms with Gasteiger partial charge in [-0.15, -0.1) is 6.42 Å². The molecule has 0 unspecified atom stereocenters. The van der Waals surface area contributed by atoms with E-state index in [0.717, 1.165) is 0 Å². The number of rotatable bonds is 2. The molecule has 3 heteroatoms. The van der Waals surface area contributed by atoms with Crippen LogP contribution in [0.4, 0.5) is 0 Å². The van der Waals surface area contributed by atoms with Crippen LogP contribution < -0.4 is 0 Å². The third-order valence-electron chi connectivity index (χ3n) is 0.339. The van der Waals surface area contributed by atoms with Gasteiger partial charge in [0.2, 0.25) is 0 Å². The van der Waals surface area contributed by atoms with Crippen molar-refractivity contribution >= 4 is 23.2 Å². The van der Waals surface area contributed by atoms with Crippen LogP contribution in [0.3, 0.4) is 0 Å². The molecule has 0 aromatic heterocycles. The standard InChI is InChI=1S/C5H4Cl2O/c1-2-3-8-4-5(6)7/h1,4H,3H2. The fourth-order valence-corrected chi connectivity index (χ4v) is 0.279. The molecule has 0 spiro atoms. The minimum absolute atomic E-state index is 0.0697. The summed E-state index contributed by atoms with van der Waals surface area (Å²) < 4.78 is 4.65. The number of terminal acetylenes is 1. The summed E-state index contributed by atoms with van der Waals surface area (Å²) in [5, 5.41) is 0. The fourth-order valence-electron chi connectivity index (χ4n) is 0.153. The quantitative estimate of drug-likeness (QED) is 0.332. The number of hydrogen-bond donors (Lipinski definition) is 0. The van der Waals surface area contributed by atoms with Gasteiger partial charge in [-0.1, -0.05) is 29.1 Å². The largest absolute Gasteiger partial charge is 0.486 e. The average Bonchev–Trinajstić information content (AvgIpc) is 1.66. The number of halogens is 2. The van der Waals surface area contributed by atoms with Gasteiger partial charge in [0.25, 0.3) is 0 Å². The van der Waals surface area contributed by atoms with Crippen molar-refractivity contribution < 1.29 is 4.74 Å². The van der Waals surface area contributed by atoms with Crippen LogP contribution in [-0.2, 0) is 4.74 Å². The normalized spacial score (nSPS) is 7.12. The molecule has 0 N–H and O–H groups in total. The Labute approximate surface area is 58.2 Å². The van der Waals surface area contributed by atoms with Gasteiger partial charge in [0.1, 0.15) is 17.4 Å². The van der Waals surface area contributed by atoms with Crippen molar-refractivity contribution in [3.63, 3.8) is 0 Å². The van der Waals surface area contributed by atoms with Crippen LogP contribution in [0.15, 0.2) is 10.8 Å². The first kappa shape index (κ1) is 7.68. The lowest BCUT2D eigenvalue weighted by atomic mass is 10.8. The van der Waals surface area contributed by atoms with E-state index >= 15 is 0 Å².